The van der Waals surface area contributed by atoms with Gasteiger partial charge in [-0.25, -0.2) is 4.99 Å². The fraction of sp³-hybridized carbons (Fsp3) is 0.737. The van der Waals surface area contributed by atoms with Gasteiger partial charge in [-0.3, -0.25) is 0 Å². The van der Waals surface area contributed by atoms with Crippen LogP contribution >= 0.6 is 24.0 Å². The van der Waals surface area contributed by atoms with Crippen molar-refractivity contribution >= 4 is 29.9 Å². The third kappa shape index (κ3) is 9.23. The molecule has 0 aliphatic heterocycles. The summed E-state index contributed by atoms with van der Waals surface area (Å²) >= 11 is 0. The molecule has 1 aromatic rings. The maximum atomic E-state index is 10.7. The highest BCUT2D eigenvalue weighted by Crippen LogP contribution is 2.27. The number of rotatable bonds is 10. The van der Waals surface area contributed by atoms with Crippen LogP contribution in [0.2, 0.25) is 0 Å². The molecule has 0 aliphatic rings. The van der Waals surface area contributed by atoms with Gasteiger partial charge in [-0.05, 0) is 46.1 Å². The summed E-state index contributed by atoms with van der Waals surface area (Å²) in [4.78, 5) is 4.52. The van der Waals surface area contributed by atoms with Gasteiger partial charge in [-0.15, -0.1) is 24.0 Å². The van der Waals surface area contributed by atoms with E-state index in [9.17, 15) is 5.11 Å². The zero-order chi connectivity index (χ0) is 18.9. The minimum Gasteiger partial charge on any atom is -0.466 e. The standard InChI is InChI=1S/C19H35N3O3.HI/c1-7-20-18(21-9-8-10-24-12-14(2)3)22-13-19(6,23)17-11-15(4)25-16(17)5;/h11,14,23H,7-10,12-13H2,1-6H3,(H2,20,21,22);1H. The van der Waals surface area contributed by atoms with E-state index >= 15 is 0 Å². The summed E-state index contributed by atoms with van der Waals surface area (Å²) < 4.78 is 11.1. The molecule has 0 fully saturated rings. The van der Waals surface area contributed by atoms with E-state index in [4.69, 9.17) is 9.15 Å². The Labute approximate surface area is 175 Å². The molecule has 7 heteroatoms. The Morgan fingerprint density at radius 2 is 2.04 bits per heavy atom. The van der Waals surface area contributed by atoms with Crippen LogP contribution in [-0.4, -0.2) is 43.9 Å². The van der Waals surface area contributed by atoms with Crippen molar-refractivity contribution in [2.24, 2.45) is 10.9 Å². The molecular formula is C19H36IN3O3. The molecule has 0 saturated carbocycles. The van der Waals surface area contributed by atoms with E-state index in [1.807, 2.05) is 26.8 Å². The highest BCUT2D eigenvalue weighted by Gasteiger charge is 2.27. The number of hydrogen-bond acceptors (Lipinski definition) is 4. The molecule has 1 atom stereocenters. The zero-order valence-corrected chi connectivity index (χ0v) is 19.3. The lowest BCUT2D eigenvalue weighted by molar-refractivity contribution is 0.0656. The van der Waals surface area contributed by atoms with Crippen molar-refractivity contribution in [3.05, 3.63) is 23.2 Å². The van der Waals surface area contributed by atoms with Crippen LogP contribution in [0.25, 0.3) is 0 Å². The van der Waals surface area contributed by atoms with Gasteiger partial charge in [0.05, 0.1) is 6.54 Å². The van der Waals surface area contributed by atoms with E-state index in [2.05, 4.69) is 29.5 Å². The van der Waals surface area contributed by atoms with E-state index in [-0.39, 0.29) is 30.5 Å². The summed E-state index contributed by atoms with van der Waals surface area (Å²) in [6.45, 7) is 15.1. The summed E-state index contributed by atoms with van der Waals surface area (Å²) in [6.07, 6.45) is 0.910. The molecule has 1 rings (SSSR count). The lowest BCUT2D eigenvalue weighted by atomic mass is 9.96. The number of hydrogen-bond donors (Lipinski definition) is 3. The third-order valence-corrected chi connectivity index (χ3v) is 3.72. The Bertz CT molecular complexity index is 542. The highest BCUT2D eigenvalue weighted by molar-refractivity contribution is 14.0. The average Bonchev–Trinajstić information content (AvgIpc) is 2.87. The number of furan rings is 1. The predicted molar refractivity (Wildman–Crippen MR) is 117 cm³/mol. The van der Waals surface area contributed by atoms with E-state index in [1.165, 1.54) is 0 Å². The van der Waals surface area contributed by atoms with Crippen LogP contribution in [0.4, 0.5) is 0 Å². The third-order valence-electron chi connectivity index (χ3n) is 3.72. The second-order valence-electron chi connectivity index (χ2n) is 7.05. The van der Waals surface area contributed by atoms with Gasteiger partial charge in [0, 0.05) is 31.9 Å². The lowest BCUT2D eigenvalue weighted by Crippen LogP contribution is -2.39. The van der Waals surface area contributed by atoms with Crippen LogP contribution in [0.1, 0.15) is 51.2 Å². The van der Waals surface area contributed by atoms with Crippen molar-refractivity contribution in [3.8, 4) is 0 Å². The van der Waals surface area contributed by atoms with Crippen molar-refractivity contribution in [2.75, 3.05) is 32.8 Å². The SMILES string of the molecule is CCNC(=NCC(C)(O)c1cc(C)oc1C)NCCCOCC(C)C.I. The fourth-order valence-corrected chi connectivity index (χ4v) is 2.53. The van der Waals surface area contributed by atoms with Crippen LogP contribution in [0.5, 0.6) is 0 Å². The second-order valence-corrected chi connectivity index (χ2v) is 7.05. The summed E-state index contributed by atoms with van der Waals surface area (Å²) in [5.74, 6) is 2.79. The summed E-state index contributed by atoms with van der Waals surface area (Å²) in [6, 6.07) is 1.87. The van der Waals surface area contributed by atoms with Gasteiger partial charge >= 0.3 is 0 Å². The van der Waals surface area contributed by atoms with E-state index in [0.717, 1.165) is 49.8 Å². The minimum absolute atomic E-state index is 0. The molecule has 0 saturated heterocycles. The van der Waals surface area contributed by atoms with Gasteiger partial charge in [-0.1, -0.05) is 13.8 Å². The van der Waals surface area contributed by atoms with Crippen LogP contribution in [-0.2, 0) is 10.3 Å². The number of halogens is 1. The number of nitrogens with zero attached hydrogens (tertiary/aromatic N) is 1. The monoisotopic (exact) mass is 481 g/mol. The molecule has 26 heavy (non-hydrogen) atoms. The average molecular weight is 481 g/mol. The summed E-state index contributed by atoms with van der Waals surface area (Å²) in [7, 11) is 0. The Kier molecular flexibility index (Phi) is 12.2. The molecule has 1 unspecified atom stereocenters. The normalized spacial score (nSPS) is 14.1. The quantitative estimate of drug-likeness (QED) is 0.207. The molecule has 0 bridgehead atoms. The molecule has 0 amide bonds. The minimum atomic E-state index is -1.06. The maximum Gasteiger partial charge on any atom is 0.191 e. The molecule has 3 N–H and O–H groups in total. The van der Waals surface area contributed by atoms with Gasteiger partial charge in [0.1, 0.15) is 17.1 Å². The van der Waals surface area contributed by atoms with Gasteiger partial charge < -0.3 is 24.9 Å². The lowest BCUT2D eigenvalue weighted by Gasteiger charge is -2.21. The molecule has 0 aliphatic carbocycles. The Morgan fingerprint density at radius 1 is 1.35 bits per heavy atom. The summed E-state index contributed by atoms with van der Waals surface area (Å²) in [5.41, 5.74) is -0.281. The van der Waals surface area contributed by atoms with Crippen LogP contribution in [0.3, 0.4) is 0 Å². The smallest absolute Gasteiger partial charge is 0.191 e. The van der Waals surface area contributed by atoms with E-state index < -0.39 is 5.60 Å². The van der Waals surface area contributed by atoms with E-state index in [0.29, 0.717) is 11.9 Å². The molecule has 0 aromatic carbocycles. The van der Waals surface area contributed by atoms with E-state index in [1.54, 1.807) is 6.92 Å². The molecule has 1 aromatic heterocycles. The number of ether oxygens (including phenoxy) is 1. The predicted octanol–water partition coefficient (Wildman–Crippen LogP) is 3.34. The molecule has 0 spiro atoms. The van der Waals surface area contributed by atoms with Crippen molar-refractivity contribution in [2.45, 2.75) is 53.6 Å². The number of guanidine groups is 1. The Morgan fingerprint density at radius 3 is 2.58 bits per heavy atom. The van der Waals surface area contributed by atoms with Gasteiger partial charge in [0.25, 0.3) is 0 Å². The maximum absolute atomic E-state index is 10.7. The van der Waals surface area contributed by atoms with Gasteiger partial charge in [0.15, 0.2) is 5.96 Å². The van der Waals surface area contributed by atoms with Crippen LogP contribution < -0.4 is 10.6 Å². The first-order valence-electron chi connectivity index (χ1n) is 9.16. The van der Waals surface area contributed by atoms with Crippen molar-refractivity contribution in [1.82, 2.24) is 10.6 Å². The number of aryl methyl sites for hydroxylation is 2. The van der Waals surface area contributed by atoms with Crippen molar-refractivity contribution in [1.29, 1.82) is 0 Å². The molecule has 0 radical (unpaired) electrons. The first-order chi connectivity index (χ1) is 11.8. The van der Waals surface area contributed by atoms with Gasteiger partial charge in [0.2, 0.25) is 0 Å². The molecule has 152 valence electrons. The molecule has 1 heterocycles. The molecule has 6 nitrogen and oxygen atoms in total. The number of aliphatic imine (C=N–C) groups is 1. The van der Waals surface area contributed by atoms with Crippen molar-refractivity contribution < 1.29 is 14.3 Å². The summed E-state index contributed by atoms with van der Waals surface area (Å²) in [5, 5.41) is 17.2. The Balaban J connectivity index is 0.00000625. The van der Waals surface area contributed by atoms with Crippen LogP contribution in [0, 0.1) is 19.8 Å². The number of nitrogens with one attached hydrogen (secondary N) is 2. The first kappa shape index (κ1) is 25.2. The second kappa shape index (κ2) is 12.6. The first-order valence-corrected chi connectivity index (χ1v) is 9.16. The topological polar surface area (TPSA) is 79.0 Å². The fourth-order valence-electron chi connectivity index (χ4n) is 2.53. The number of aliphatic hydroxyl groups is 1. The molecular weight excluding hydrogens is 445 g/mol. The van der Waals surface area contributed by atoms with Gasteiger partial charge in [-0.2, -0.15) is 0 Å². The van der Waals surface area contributed by atoms with Crippen LogP contribution in [0.15, 0.2) is 15.5 Å². The zero-order valence-electron chi connectivity index (χ0n) is 17.0. The largest absolute Gasteiger partial charge is 0.466 e. The Hall–Kier alpha value is -0.800. The van der Waals surface area contributed by atoms with Crippen molar-refractivity contribution in [3.63, 3.8) is 0 Å². The highest BCUT2D eigenvalue weighted by atomic mass is 127.